The summed E-state index contributed by atoms with van der Waals surface area (Å²) in [7, 11) is 1.92. The van der Waals surface area contributed by atoms with Gasteiger partial charge >= 0.3 is 0 Å². The molecule has 1 N–H and O–H groups in total. The van der Waals surface area contributed by atoms with Crippen LogP contribution in [0.5, 0.6) is 0 Å². The molecule has 98 valence electrons. The van der Waals surface area contributed by atoms with Crippen molar-refractivity contribution in [2.75, 3.05) is 20.2 Å². The fraction of sp³-hybridized carbons (Fsp3) is 0.923. The summed E-state index contributed by atoms with van der Waals surface area (Å²) in [5.41, 5.74) is 0. The van der Waals surface area contributed by atoms with Crippen LogP contribution in [-0.4, -0.2) is 49.2 Å². The van der Waals surface area contributed by atoms with E-state index in [0.717, 1.165) is 26.0 Å². The maximum atomic E-state index is 12.4. The average Bonchev–Trinajstić information content (AvgIpc) is 2.74. The maximum absolute atomic E-state index is 12.4. The Bertz CT molecular complexity index is 283. The number of piperidine rings is 1. The van der Waals surface area contributed by atoms with Crippen LogP contribution in [0.25, 0.3) is 0 Å². The molecular formula is C13H24N2O2. The van der Waals surface area contributed by atoms with Crippen molar-refractivity contribution in [3.05, 3.63) is 0 Å². The Hall–Kier alpha value is -0.610. The summed E-state index contributed by atoms with van der Waals surface area (Å²) in [6, 6.07) is 0.250. The van der Waals surface area contributed by atoms with Crippen molar-refractivity contribution < 1.29 is 9.53 Å². The van der Waals surface area contributed by atoms with Gasteiger partial charge in [0.05, 0.1) is 18.2 Å². The number of rotatable bonds is 2. The van der Waals surface area contributed by atoms with Gasteiger partial charge in [-0.2, -0.15) is 0 Å². The third kappa shape index (κ3) is 2.63. The van der Waals surface area contributed by atoms with Gasteiger partial charge in [0.15, 0.2) is 0 Å². The summed E-state index contributed by atoms with van der Waals surface area (Å²) in [5.74, 6) is 0.677. The van der Waals surface area contributed by atoms with Crippen LogP contribution in [0.3, 0.4) is 0 Å². The second-order valence-electron chi connectivity index (χ2n) is 5.43. The molecule has 0 radical (unpaired) electrons. The molecule has 2 saturated heterocycles. The quantitative estimate of drug-likeness (QED) is 0.783. The first-order valence-corrected chi connectivity index (χ1v) is 6.73. The molecule has 2 fully saturated rings. The molecule has 17 heavy (non-hydrogen) atoms. The van der Waals surface area contributed by atoms with E-state index in [1.807, 2.05) is 11.9 Å². The number of nitrogens with one attached hydrogen (secondary N) is 1. The van der Waals surface area contributed by atoms with Crippen molar-refractivity contribution in [3.63, 3.8) is 0 Å². The van der Waals surface area contributed by atoms with Crippen molar-refractivity contribution in [3.8, 4) is 0 Å². The van der Waals surface area contributed by atoms with Crippen LogP contribution in [0.1, 0.15) is 33.1 Å². The lowest BCUT2D eigenvalue weighted by Gasteiger charge is -2.35. The van der Waals surface area contributed by atoms with Crippen molar-refractivity contribution in [2.45, 2.75) is 51.3 Å². The topological polar surface area (TPSA) is 41.6 Å². The van der Waals surface area contributed by atoms with Crippen LogP contribution < -0.4 is 5.32 Å². The Balaban J connectivity index is 1.98. The molecule has 2 heterocycles. The molecule has 0 bridgehead atoms. The first kappa shape index (κ1) is 12.8. The minimum absolute atomic E-state index is 0.00144. The highest BCUT2D eigenvalue weighted by atomic mass is 16.5. The Morgan fingerprint density at radius 3 is 2.71 bits per heavy atom. The number of carbonyl (C=O) groups excluding carboxylic acids is 1. The summed E-state index contributed by atoms with van der Waals surface area (Å²) >= 11 is 0. The van der Waals surface area contributed by atoms with E-state index >= 15 is 0 Å². The molecule has 0 aromatic heterocycles. The van der Waals surface area contributed by atoms with Gasteiger partial charge in [-0.15, -0.1) is 0 Å². The predicted molar refractivity (Wildman–Crippen MR) is 66.8 cm³/mol. The molecule has 2 rings (SSSR count). The largest absolute Gasteiger partial charge is 0.376 e. The zero-order chi connectivity index (χ0) is 12.4. The summed E-state index contributed by atoms with van der Waals surface area (Å²) in [5, 5.41) is 3.36. The van der Waals surface area contributed by atoms with Gasteiger partial charge < -0.3 is 15.0 Å². The zero-order valence-electron chi connectivity index (χ0n) is 11.1. The van der Waals surface area contributed by atoms with Crippen LogP contribution in [0.15, 0.2) is 0 Å². The maximum Gasteiger partial charge on any atom is 0.240 e. The molecule has 0 aromatic rings. The van der Waals surface area contributed by atoms with Crippen LogP contribution in [-0.2, 0) is 9.53 Å². The monoisotopic (exact) mass is 240 g/mol. The van der Waals surface area contributed by atoms with E-state index in [4.69, 9.17) is 4.74 Å². The SMILES string of the molecule is CC1CCCNC1C(=O)N(C)C1CCOC1C. The molecule has 4 heteroatoms. The summed E-state index contributed by atoms with van der Waals surface area (Å²) in [4.78, 5) is 14.3. The summed E-state index contributed by atoms with van der Waals surface area (Å²) < 4.78 is 5.54. The summed E-state index contributed by atoms with van der Waals surface area (Å²) in [6.45, 7) is 5.96. The van der Waals surface area contributed by atoms with E-state index in [-0.39, 0.29) is 24.1 Å². The number of carbonyl (C=O) groups is 1. The van der Waals surface area contributed by atoms with E-state index in [0.29, 0.717) is 5.92 Å². The van der Waals surface area contributed by atoms with Crippen LogP contribution in [0.2, 0.25) is 0 Å². The number of hydrogen-bond acceptors (Lipinski definition) is 3. The number of ether oxygens (including phenoxy) is 1. The Labute approximate surface area is 104 Å². The highest BCUT2D eigenvalue weighted by Crippen LogP contribution is 2.22. The van der Waals surface area contributed by atoms with Crippen LogP contribution >= 0.6 is 0 Å². The number of amides is 1. The molecule has 1 amide bonds. The minimum atomic E-state index is 0.00144. The number of hydrogen-bond donors (Lipinski definition) is 1. The fourth-order valence-electron chi connectivity index (χ4n) is 2.99. The lowest BCUT2D eigenvalue weighted by Crippen LogP contribution is -2.54. The number of likely N-dealkylation sites (N-methyl/N-ethyl adjacent to an activating group) is 1. The molecule has 4 unspecified atom stereocenters. The Morgan fingerprint density at radius 1 is 1.35 bits per heavy atom. The normalized spacial score (nSPS) is 38.1. The van der Waals surface area contributed by atoms with Crippen molar-refractivity contribution in [1.29, 1.82) is 0 Å². The minimum Gasteiger partial charge on any atom is -0.376 e. The van der Waals surface area contributed by atoms with E-state index in [1.54, 1.807) is 0 Å². The van der Waals surface area contributed by atoms with E-state index in [2.05, 4.69) is 19.2 Å². The van der Waals surface area contributed by atoms with Gasteiger partial charge in [0.25, 0.3) is 0 Å². The van der Waals surface area contributed by atoms with E-state index < -0.39 is 0 Å². The smallest absolute Gasteiger partial charge is 0.240 e. The molecule has 0 saturated carbocycles. The zero-order valence-corrected chi connectivity index (χ0v) is 11.1. The first-order valence-electron chi connectivity index (χ1n) is 6.73. The highest BCUT2D eigenvalue weighted by molar-refractivity contribution is 5.82. The molecule has 4 nitrogen and oxygen atoms in total. The third-order valence-electron chi connectivity index (χ3n) is 4.22. The Kier molecular flexibility index (Phi) is 4.05. The van der Waals surface area contributed by atoms with Gasteiger partial charge in [-0.3, -0.25) is 4.79 Å². The number of nitrogens with zero attached hydrogens (tertiary/aromatic N) is 1. The molecule has 0 spiro atoms. The average molecular weight is 240 g/mol. The second kappa shape index (κ2) is 5.36. The highest BCUT2D eigenvalue weighted by Gasteiger charge is 2.36. The predicted octanol–water partition coefficient (Wildman–Crippen LogP) is 1.01. The molecule has 4 atom stereocenters. The van der Waals surface area contributed by atoms with Gasteiger partial charge in [0, 0.05) is 13.7 Å². The van der Waals surface area contributed by atoms with Crippen LogP contribution in [0, 0.1) is 5.92 Å². The van der Waals surface area contributed by atoms with Crippen molar-refractivity contribution in [1.82, 2.24) is 10.2 Å². The summed E-state index contributed by atoms with van der Waals surface area (Å²) in [6.07, 6.45) is 3.46. The van der Waals surface area contributed by atoms with Crippen LogP contribution in [0.4, 0.5) is 0 Å². The lowest BCUT2D eigenvalue weighted by atomic mass is 9.91. The molecule has 0 aliphatic carbocycles. The van der Waals surface area contributed by atoms with E-state index in [1.165, 1.54) is 6.42 Å². The van der Waals surface area contributed by atoms with Gasteiger partial charge in [-0.1, -0.05) is 6.92 Å². The van der Waals surface area contributed by atoms with Gasteiger partial charge in [-0.05, 0) is 38.6 Å². The molecule has 0 aromatic carbocycles. The van der Waals surface area contributed by atoms with Gasteiger partial charge in [-0.25, -0.2) is 0 Å². The molecule has 2 aliphatic rings. The third-order valence-corrected chi connectivity index (χ3v) is 4.22. The van der Waals surface area contributed by atoms with Crippen molar-refractivity contribution in [2.24, 2.45) is 5.92 Å². The Morgan fingerprint density at radius 2 is 2.12 bits per heavy atom. The first-order chi connectivity index (χ1) is 8.11. The fourth-order valence-corrected chi connectivity index (χ4v) is 2.99. The lowest BCUT2D eigenvalue weighted by molar-refractivity contribution is -0.137. The standard InChI is InChI=1S/C13H24N2O2/c1-9-5-4-7-14-12(9)13(16)15(3)11-6-8-17-10(11)2/h9-12,14H,4-8H2,1-3H3. The second-order valence-corrected chi connectivity index (χ2v) is 5.43. The van der Waals surface area contributed by atoms with Gasteiger partial charge in [0.1, 0.15) is 0 Å². The van der Waals surface area contributed by atoms with E-state index in [9.17, 15) is 4.79 Å². The molecular weight excluding hydrogens is 216 g/mol. The van der Waals surface area contributed by atoms with Gasteiger partial charge in [0.2, 0.25) is 5.91 Å². The molecule has 2 aliphatic heterocycles. The van der Waals surface area contributed by atoms with Crippen molar-refractivity contribution >= 4 is 5.91 Å².